The normalized spacial score (nSPS) is 11.3. The minimum atomic E-state index is -4.83. The maximum Gasteiger partial charge on any atom is 0.573 e. The van der Waals surface area contributed by atoms with E-state index in [0.717, 1.165) is 18.2 Å². The van der Waals surface area contributed by atoms with Crippen LogP contribution in [0.25, 0.3) is 0 Å². The van der Waals surface area contributed by atoms with E-state index in [9.17, 15) is 23.3 Å². The van der Waals surface area contributed by atoms with Crippen LogP contribution in [0, 0.1) is 10.1 Å². The van der Waals surface area contributed by atoms with Crippen LogP contribution in [0.5, 0.6) is 5.75 Å². The van der Waals surface area contributed by atoms with E-state index in [1.54, 1.807) is 0 Å². The molecule has 100 valence electrons. The Morgan fingerprint density at radius 3 is 2.56 bits per heavy atom. The SMILES string of the molecule is O=[N+]([O-])c1ccc(OC(F)(F)F)c(CCCCl)c1. The van der Waals surface area contributed by atoms with Crippen molar-refractivity contribution in [1.82, 2.24) is 0 Å². The van der Waals surface area contributed by atoms with E-state index in [4.69, 9.17) is 11.6 Å². The average molecular weight is 284 g/mol. The van der Waals surface area contributed by atoms with Crippen molar-refractivity contribution in [3.05, 3.63) is 33.9 Å². The molecule has 0 fully saturated rings. The predicted octanol–water partition coefficient (Wildman–Crippen LogP) is 3.66. The Kier molecular flexibility index (Phi) is 4.77. The highest BCUT2D eigenvalue weighted by Crippen LogP contribution is 2.30. The summed E-state index contributed by atoms with van der Waals surface area (Å²) in [4.78, 5) is 9.86. The lowest BCUT2D eigenvalue weighted by Crippen LogP contribution is -2.18. The number of aryl methyl sites for hydroxylation is 1. The van der Waals surface area contributed by atoms with Gasteiger partial charge in [0.25, 0.3) is 5.69 Å². The van der Waals surface area contributed by atoms with Crippen LogP contribution in [0.2, 0.25) is 0 Å². The fourth-order valence-corrected chi connectivity index (χ4v) is 1.49. The molecule has 1 aromatic rings. The number of alkyl halides is 4. The summed E-state index contributed by atoms with van der Waals surface area (Å²) in [5.41, 5.74) is -0.170. The van der Waals surface area contributed by atoms with E-state index in [2.05, 4.69) is 4.74 Å². The summed E-state index contributed by atoms with van der Waals surface area (Å²) in [5, 5.41) is 10.5. The fraction of sp³-hybridized carbons (Fsp3) is 0.400. The van der Waals surface area contributed by atoms with Crippen LogP contribution in [-0.2, 0) is 6.42 Å². The van der Waals surface area contributed by atoms with Crippen molar-refractivity contribution < 1.29 is 22.8 Å². The molecule has 0 radical (unpaired) electrons. The first kappa shape index (κ1) is 14.6. The molecule has 0 atom stereocenters. The summed E-state index contributed by atoms with van der Waals surface area (Å²) in [7, 11) is 0. The first-order valence-electron chi connectivity index (χ1n) is 4.92. The van der Waals surface area contributed by atoms with Gasteiger partial charge in [0, 0.05) is 23.6 Å². The lowest BCUT2D eigenvalue weighted by atomic mass is 10.1. The highest BCUT2D eigenvalue weighted by molar-refractivity contribution is 6.17. The number of rotatable bonds is 5. The van der Waals surface area contributed by atoms with Crippen LogP contribution in [0.3, 0.4) is 0 Å². The smallest absolute Gasteiger partial charge is 0.405 e. The van der Waals surface area contributed by atoms with Gasteiger partial charge in [-0.15, -0.1) is 24.8 Å². The Bertz CT molecular complexity index is 437. The number of nitro benzene ring substituents is 1. The number of nitrogens with zero attached hydrogens (tertiary/aromatic N) is 1. The third-order valence-corrected chi connectivity index (χ3v) is 2.33. The molecule has 0 aliphatic heterocycles. The minimum absolute atomic E-state index is 0.113. The highest BCUT2D eigenvalue weighted by Gasteiger charge is 2.32. The Labute approximate surface area is 105 Å². The molecule has 0 heterocycles. The molecule has 4 nitrogen and oxygen atoms in total. The minimum Gasteiger partial charge on any atom is -0.405 e. The van der Waals surface area contributed by atoms with Gasteiger partial charge >= 0.3 is 6.36 Å². The predicted molar refractivity (Wildman–Crippen MR) is 58.8 cm³/mol. The maximum atomic E-state index is 12.1. The second-order valence-electron chi connectivity index (χ2n) is 3.39. The molecule has 0 N–H and O–H groups in total. The van der Waals surface area contributed by atoms with Crippen LogP contribution < -0.4 is 4.74 Å². The first-order chi connectivity index (χ1) is 8.33. The second kappa shape index (κ2) is 5.90. The van der Waals surface area contributed by atoms with Gasteiger partial charge in [0.1, 0.15) is 5.75 Å². The van der Waals surface area contributed by atoms with Crippen molar-refractivity contribution in [2.45, 2.75) is 19.2 Å². The molecule has 18 heavy (non-hydrogen) atoms. The summed E-state index contributed by atoms with van der Waals surface area (Å²) in [6.07, 6.45) is -4.25. The summed E-state index contributed by atoms with van der Waals surface area (Å²) in [6.45, 7) is 0. The molecule has 0 saturated carbocycles. The molecule has 0 unspecified atom stereocenters. The average Bonchev–Trinajstić information content (AvgIpc) is 2.25. The van der Waals surface area contributed by atoms with E-state index >= 15 is 0 Å². The molecule has 0 aliphatic rings. The van der Waals surface area contributed by atoms with Crippen molar-refractivity contribution in [1.29, 1.82) is 0 Å². The summed E-state index contributed by atoms with van der Waals surface area (Å²) < 4.78 is 40.2. The number of non-ortho nitro benzene ring substituents is 1. The molecule has 1 rings (SSSR count). The topological polar surface area (TPSA) is 52.4 Å². The van der Waals surface area contributed by atoms with Crippen LogP contribution >= 0.6 is 11.6 Å². The zero-order valence-corrected chi connectivity index (χ0v) is 9.79. The molecular weight excluding hydrogens is 275 g/mol. The summed E-state index contributed by atoms with van der Waals surface area (Å²) in [5.74, 6) is -0.188. The van der Waals surface area contributed by atoms with Crippen LogP contribution in [-0.4, -0.2) is 17.2 Å². The Morgan fingerprint density at radius 1 is 1.39 bits per heavy atom. The largest absolute Gasteiger partial charge is 0.573 e. The number of hydrogen-bond acceptors (Lipinski definition) is 3. The van der Waals surface area contributed by atoms with Crippen molar-refractivity contribution >= 4 is 17.3 Å². The van der Waals surface area contributed by atoms with E-state index in [1.807, 2.05) is 0 Å². The van der Waals surface area contributed by atoms with Crippen molar-refractivity contribution in [3.8, 4) is 5.75 Å². The van der Waals surface area contributed by atoms with Crippen LogP contribution in [0.4, 0.5) is 18.9 Å². The molecule has 1 aromatic carbocycles. The van der Waals surface area contributed by atoms with Gasteiger partial charge in [0.2, 0.25) is 0 Å². The Morgan fingerprint density at radius 2 is 2.06 bits per heavy atom. The third-order valence-electron chi connectivity index (χ3n) is 2.06. The molecule has 0 amide bonds. The molecule has 8 heteroatoms. The Balaban J connectivity index is 3.04. The zero-order chi connectivity index (χ0) is 13.8. The van der Waals surface area contributed by atoms with Gasteiger partial charge in [-0.25, -0.2) is 0 Å². The monoisotopic (exact) mass is 283 g/mol. The number of hydrogen-bond donors (Lipinski definition) is 0. The molecule has 0 aliphatic carbocycles. The second-order valence-corrected chi connectivity index (χ2v) is 3.77. The number of nitro groups is 1. The number of halogens is 4. The number of benzene rings is 1. The molecule has 0 spiro atoms. The van der Waals surface area contributed by atoms with Crippen LogP contribution in [0.15, 0.2) is 18.2 Å². The lowest BCUT2D eigenvalue weighted by Gasteiger charge is -2.12. The van der Waals surface area contributed by atoms with Crippen molar-refractivity contribution in [2.24, 2.45) is 0 Å². The van der Waals surface area contributed by atoms with Gasteiger partial charge in [-0.1, -0.05) is 0 Å². The molecule has 0 bridgehead atoms. The van der Waals surface area contributed by atoms with E-state index in [0.29, 0.717) is 6.42 Å². The molecule has 0 aromatic heterocycles. The van der Waals surface area contributed by atoms with Crippen molar-refractivity contribution in [2.75, 3.05) is 5.88 Å². The summed E-state index contributed by atoms with van der Waals surface area (Å²) >= 11 is 5.44. The van der Waals surface area contributed by atoms with E-state index in [-0.39, 0.29) is 23.6 Å². The van der Waals surface area contributed by atoms with Gasteiger partial charge in [-0.05, 0) is 18.9 Å². The van der Waals surface area contributed by atoms with Gasteiger partial charge < -0.3 is 4.74 Å². The van der Waals surface area contributed by atoms with Crippen LogP contribution in [0.1, 0.15) is 12.0 Å². The standard InChI is InChI=1S/C10H9ClF3NO3/c11-5-1-2-7-6-8(15(16)17)3-4-9(7)18-10(12,13)14/h3-4,6H,1-2,5H2. The molecule has 0 saturated heterocycles. The summed E-state index contributed by atoms with van der Waals surface area (Å²) in [6, 6.07) is 2.97. The molecular formula is C10H9ClF3NO3. The Hall–Kier alpha value is -1.50. The quantitative estimate of drug-likeness (QED) is 0.471. The fourth-order valence-electron chi connectivity index (χ4n) is 1.36. The lowest BCUT2D eigenvalue weighted by molar-refractivity contribution is -0.385. The van der Waals surface area contributed by atoms with Gasteiger partial charge in [-0.2, -0.15) is 0 Å². The zero-order valence-electron chi connectivity index (χ0n) is 9.04. The van der Waals surface area contributed by atoms with Gasteiger partial charge in [-0.3, -0.25) is 10.1 Å². The highest BCUT2D eigenvalue weighted by atomic mass is 35.5. The third kappa shape index (κ3) is 4.40. The van der Waals surface area contributed by atoms with E-state index in [1.165, 1.54) is 0 Å². The number of ether oxygens (including phenoxy) is 1. The van der Waals surface area contributed by atoms with Gasteiger partial charge in [0.15, 0.2) is 0 Å². The van der Waals surface area contributed by atoms with E-state index < -0.39 is 17.0 Å². The van der Waals surface area contributed by atoms with Crippen molar-refractivity contribution in [3.63, 3.8) is 0 Å². The van der Waals surface area contributed by atoms with Gasteiger partial charge in [0.05, 0.1) is 4.92 Å². The first-order valence-corrected chi connectivity index (χ1v) is 5.46. The maximum absolute atomic E-state index is 12.1.